The normalized spacial score (nSPS) is 27.7. The Morgan fingerprint density at radius 2 is 1.88 bits per heavy atom. The van der Waals surface area contributed by atoms with Crippen molar-refractivity contribution in [1.29, 1.82) is 0 Å². The second kappa shape index (κ2) is 18.5. The smallest absolute Gasteiger partial charge is 0.437 e. The number of carbonyl (C=O) groups excluding carboxylic acids is 4. The zero-order valence-corrected chi connectivity index (χ0v) is 38.2. The van der Waals surface area contributed by atoms with Crippen LogP contribution in [0.4, 0.5) is 18.0 Å². The van der Waals surface area contributed by atoms with E-state index in [1.165, 1.54) is 17.9 Å². The quantitative estimate of drug-likeness (QED) is 0.225. The summed E-state index contributed by atoms with van der Waals surface area (Å²) in [5, 5.41) is 5.76. The van der Waals surface area contributed by atoms with Crippen LogP contribution in [0.15, 0.2) is 30.4 Å². The molecule has 16 nitrogen and oxygen atoms in total. The van der Waals surface area contributed by atoms with Crippen molar-refractivity contribution in [1.82, 2.24) is 30.1 Å². The first-order valence-corrected chi connectivity index (χ1v) is 24.3. The van der Waals surface area contributed by atoms with Crippen LogP contribution in [0.3, 0.4) is 0 Å². The van der Waals surface area contributed by atoms with Crippen LogP contribution in [-0.4, -0.2) is 128 Å². The number of pyridine rings is 1. The number of aromatic nitrogens is 1. The van der Waals surface area contributed by atoms with E-state index in [4.69, 9.17) is 18.9 Å². The van der Waals surface area contributed by atoms with Gasteiger partial charge in [-0.05, 0) is 76.0 Å². The van der Waals surface area contributed by atoms with Crippen molar-refractivity contribution in [2.24, 2.45) is 11.8 Å². The van der Waals surface area contributed by atoms with Crippen LogP contribution in [0.2, 0.25) is 0 Å². The summed E-state index contributed by atoms with van der Waals surface area (Å²) in [6, 6.07) is 2.02. The molecule has 4 amide bonds. The van der Waals surface area contributed by atoms with Gasteiger partial charge in [0.25, 0.3) is 5.91 Å². The number of allylic oxidation sites excluding steroid dienone is 1. The van der Waals surface area contributed by atoms with Gasteiger partial charge in [-0.15, -0.1) is 0 Å². The molecule has 4 aliphatic heterocycles. The topological polar surface area (TPSA) is 195 Å². The predicted octanol–water partition coefficient (Wildman–Crippen LogP) is 4.39. The molecule has 2 aromatic rings. The molecular formula is C46H57F3N6O10S. The number of hydrogen-bond donors (Lipinski definition) is 3. The number of aryl methyl sites for hydroxylation is 1. The van der Waals surface area contributed by atoms with Crippen molar-refractivity contribution in [3.8, 4) is 23.3 Å². The Morgan fingerprint density at radius 1 is 1.11 bits per heavy atom. The Balaban J connectivity index is 1.14. The second-order valence-corrected chi connectivity index (χ2v) is 21.1. The first-order chi connectivity index (χ1) is 31.3. The van der Waals surface area contributed by atoms with Crippen molar-refractivity contribution in [2.75, 3.05) is 52.6 Å². The van der Waals surface area contributed by atoms with E-state index < -0.39 is 85.3 Å². The van der Waals surface area contributed by atoms with Gasteiger partial charge in [0.05, 0.1) is 42.5 Å². The number of halogens is 3. The first kappa shape index (κ1) is 47.4. The number of alkyl halides is 3. The van der Waals surface area contributed by atoms with E-state index in [0.29, 0.717) is 76.0 Å². The lowest BCUT2D eigenvalue weighted by Gasteiger charge is -2.38. The van der Waals surface area contributed by atoms with Crippen LogP contribution < -0.4 is 24.8 Å². The number of sulfonamides is 1. The number of ether oxygens (including phenoxy) is 4. The van der Waals surface area contributed by atoms with Crippen molar-refractivity contribution < 1.29 is 59.7 Å². The van der Waals surface area contributed by atoms with Crippen LogP contribution in [0, 0.1) is 23.7 Å². The van der Waals surface area contributed by atoms with Gasteiger partial charge in [-0.3, -0.25) is 19.3 Å². The molecule has 2 aliphatic carbocycles. The number of rotatable bonds is 10. The fraction of sp³-hybridized carbons (Fsp3) is 0.630. The molecule has 1 spiro atoms. The molecule has 0 radical (unpaired) electrons. The van der Waals surface area contributed by atoms with Crippen LogP contribution in [0.1, 0.15) is 89.8 Å². The van der Waals surface area contributed by atoms with E-state index in [9.17, 15) is 27.6 Å². The Hall–Kier alpha value is -5.13. The Kier molecular flexibility index (Phi) is 13.3. The highest BCUT2D eigenvalue weighted by molar-refractivity contribution is 7.91. The Morgan fingerprint density at radius 3 is 2.58 bits per heavy atom. The lowest BCUT2D eigenvalue weighted by atomic mass is 9.75. The summed E-state index contributed by atoms with van der Waals surface area (Å²) in [4.78, 5) is 64.4. The summed E-state index contributed by atoms with van der Waals surface area (Å²) >= 11 is 0. The van der Waals surface area contributed by atoms with Gasteiger partial charge >= 0.3 is 12.3 Å². The summed E-state index contributed by atoms with van der Waals surface area (Å²) < 4.78 is 96.0. The highest BCUT2D eigenvalue weighted by atomic mass is 32.2. The molecule has 20 heteroatoms. The van der Waals surface area contributed by atoms with E-state index in [0.717, 1.165) is 13.1 Å². The van der Waals surface area contributed by atoms with Crippen LogP contribution in [0.25, 0.3) is 10.9 Å². The number of amides is 4. The number of morpholine rings is 1. The fourth-order valence-corrected chi connectivity index (χ4v) is 10.4. The monoisotopic (exact) mass is 942 g/mol. The molecule has 358 valence electrons. The SMILES string of the molecule is CC(C)COC(=O)NC1CCCCCC=CC2C#CC2(C(=O)NS(=O)(=O)C2(C)CC2)NC(=O)C2CC3(CCc4c(c(C(F)(F)F)nc5ccc(OCCN6CCOCC6)cc45)O3)CN2C1=O. The molecule has 1 aromatic heterocycles. The van der Waals surface area contributed by atoms with Crippen molar-refractivity contribution in [3.63, 3.8) is 0 Å². The number of fused-ring (bicyclic) bond motifs is 5. The molecule has 0 bridgehead atoms. The Labute approximate surface area is 382 Å². The Bertz CT molecular complexity index is 2450. The lowest BCUT2D eigenvalue weighted by molar-refractivity contribution is -0.144. The minimum absolute atomic E-state index is 0.0111. The molecule has 1 aromatic carbocycles. The molecule has 8 rings (SSSR count). The largest absolute Gasteiger partial charge is 0.492 e. The summed E-state index contributed by atoms with van der Waals surface area (Å²) in [6.07, 6.45) is 0.535. The maximum Gasteiger partial charge on any atom is 0.437 e. The summed E-state index contributed by atoms with van der Waals surface area (Å²) in [5.74, 6) is 1.85. The predicted molar refractivity (Wildman–Crippen MR) is 233 cm³/mol. The second-order valence-electron chi connectivity index (χ2n) is 18.9. The van der Waals surface area contributed by atoms with E-state index in [2.05, 4.69) is 37.1 Å². The van der Waals surface area contributed by atoms with Gasteiger partial charge in [-0.1, -0.05) is 50.7 Å². The zero-order chi connectivity index (χ0) is 47.1. The standard InChI is InChI=1S/C46H57F3N6O10S/c1-29(2)27-64-42(59)51-35-10-8-6-4-5-7-9-30-13-16-45(30,41(58)53-66(60,61)43(3)17-18-43)52-39(56)36-26-44(28-55(36)40(35)57)15-14-32-33-25-31(63-24-21-54-19-22-62-23-20-54)11-12-34(33)50-38(37(32)65-44)46(47,48)49/h7,9,11-12,25,29-30,35-36H,4-6,8,10,14-15,17-24,26-28H2,1-3H3,(H,51,59)(H,52,56)(H,53,58). The average Bonchev–Trinajstić information content (AvgIpc) is 3.93. The van der Waals surface area contributed by atoms with Crippen molar-refractivity contribution in [3.05, 3.63) is 41.6 Å². The van der Waals surface area contributed by atoms with Crippen LogP contribution in [-0.2, 0) is 46.5 Å². The highest BCUT2D eigenvalue weighted by Crippen LogP contribution is 2.49. The summed E-state index contributed by atoms with van der Waals surface area (Å²) in [7, 11) is -4.19. The van der Waals surface area contributed by atoms with Crippen LogP contribution >= 0.6 is 0 Å². The van der Waals surface area contributed by atoms with E-state index in [1.807, 2.05) is 13.8 Å². The van der Waals surface area contributed by atoms with Gasteiger partial charge in [-0.2, -0.15) is 13.2 Å². The number of nitrogens with one attached hydrogen (secondary N) is 3. The molecule has 3 fully saturated rings. The molecule has 66 heavy (non-hydrogen) atoms. The maximum atomic E-state index is 15.0. The van der Waals surface area contributed by atoms with Crippen molar-refractivity contribution in [2.45, 2.75) is 119 Å². The van der Waals surface area contributed by atoms with E-state index >= 15 is 13.2 Å². The molecule has 5 atom stereocenters. The molecule has 6 aliphatic rings. The number of benzene rings is 1. The van der Waals surface area contributed by atoms with Gasteiger partial charge in [0.15, 0.2) is 17.0 Å². The molecule has 5 heterocycles. The van der Waals surface area contributed by atoms with Crippen molar-refractivity contribution >= 4 is 44.7 Å². The third kappa shape index (κ3) is 9.80. The van der Waals surface area contributed by atoms with Gasteiger partial charge in [0, 0.05) is 37.0 Å². The molecule has 2 saturated heterocycles. The number of carbonyl (C=O) groups is 4. The van der Waals surface area contributed by atoms with Gasteiger partial charge < -0.3 is 34.5 Å². The average molecular weight is 943 g/mol. The number of nitrogens with zero attached hydrogens (tertiary/aromatic N) is 3. The van der Waals surface area contributed by atoms with E-state index in [1.54, 1.807) is 24.3 Å². The van der Waals surface area contributed by atoms with Gasteiger partial charge in [-0.25, -0.2) is 22.9 Å². The van der Waals surface area contributed by atoms with E-state index in [-0.39, 0.29) is 55.8 Å². The lowest BCUT2D eigenvalue weighted by Crippen LogP contribution is -2.68. The summed E-state index contributed by atoms with van der Waals surface area (Å²) in [6.45, 7) is 8.63. The minimum Gasteiger partial charge on any atom is -0.492 e. The summed E-state index contributed by atoms with van der Waals surface area (Å²) in [5.41, 5.74) is -4.59. The zero-order valence-electron chi connectivity index (χ0n) is 37.4. The third-order valence-corrected chi connectivity index (χ3v) is 15.6. The molecule has 1 saturated carbocycles. The fourth-order valence-electron chi connectivity index (χ4n) is 9.14. The number of alkyl carbamates (subject to hydrolysis) is 1. The highest BCUT2D eigenvalue weighted by Gasteiger charge is 2.59. The van der Waals surface area contributed by atoms with Gasteiger partial charge in [0.1, 0.15) is 30.0 Å². The van der Waals surface area contributed by atoms with Crippen LogP contribution in [0.5, 0.6) is 11.5 Å². The van der Waals surface area contributed by atoms with Gasteiger partial charge in [0.2, 0.25) is 21.8 Å². The third-order valence-electron chi connectivity index (χ3n) is 13.4. The minimum atomic E-state index is -4.96. The molecule has 3 N–H and O–H groups in total. The number of hydrogen-bond acceptors (Lipinski definition) is 12. The first-order valence-electron chi connectivity index (χ1n) is 22.8. The molecular weight excluding hydrogens is 886 g/mol. The maximum absolute atomic E-state index is 15.0. The molecule has 5 unspecified atom stereocenters.